The molecule has 132 valence electrons. The number of esters is 1. The minimum absolute atomic E-state index is 0.0552. The van der Waals surface area contributed by atoms with E-state index in [1.165, 1.54) is 16.7 Å². The Hall–Kier alpha value is -2.90. The van der Waals surface area contributed by atoms with Gasteiger partial charge < -0.3 is 19.9 Å². The lowest BCUT2D eigenvalue weighted by molar-refractivity contribution is -0.122. The SMILES string of the molecule is CCOC(=O)c1c(NC(=O)[C@@H]2CCC(=O)N2)c2c(F)cccc2n1C. The molecule has 0 unspecified atom stereocenters. The van der Waals surface area contributed by atoms with Crippen LogP contribution in [0.5, 0.6) is 0 Å². The third-order valence-corrected chi connectivity index (χ3v) is 4.20. The van der Waals surface area contributed by atoms with E-state index in [9.17, 15) is 18.8 Å². The van der Waals surface area contributed by atoms with E-state index in [1.54, 1.807) is 20.0 Å². The molecule has 1 atom stereocenters. The highest BCUT2D eigenvalue weighted by Gasteiger charge is 2.31. The topological polar surface area (TPSA) is 89.4 Å². The summed E-state index contributed by atoms with van der Waals surface area (Å²) >= 11 is 0. The summed E-state index contributed by atoms with van der Waals surface area (Å²) < 4.78 is 20.9. The molecule has 1 aromatic heterocycles. The van der Waals surface area contributed by atoms with Crippen LogP contribution in [0.3, 0.4) is 0 Å². The van der Waals surface area contributed by atoms with Gasteiger partial charge in [-0.3, -0.25) is 9.59 Å². The molecule has 0 bridgehead atoms. The maximum Gasteiger partial charge on any atom is 0.357 e. The molecule has 0 aliphatic carbocycles. The molecule has 8 heteroatoms. The van der Waals surface area contributed by atoms with Crippen molar-refractivity contribution in [1.82, 2.24) is 9.88 Å². The van der Waals surface area contributed by atoms with Crippen molar-refractivity contribution in [2.24, 2.45) is 7.05 Å². The highest BCUT2D eigenvalue weighted by molar-refractivity contribution is 6.13. The molecular formula is C17H18FN3O4. The summed E-state index contributed by atoms with van der Waals surface area (Å²) in [5, 5.41) is 5.28. The van der Waals surface area contributed by atoms with Gasteiger partial charge in [-0.2, -0.15) is 0 Å². The number of hydrogen-bond donors (Lipinski definition) is 2. The number of halogens is 1. The summed E-state index contributed by atoms with van der Waals surface area (Å²) in [6.45, 7) is 1.81. The van der Waals surface area contributed by atoms with Gasteiger partial charge >= 0.3 is 5.97 Å². The van der Waals surface area contributed by atoms with E-state index in [1.807, 2.05) is 0 Å². The number of carbonyl (C=O) groups is 3. The van der Waals surface area contributed by atoms with E-state index in [4.69, 9.17) is 4.74 Å². The van der Waals surface area contributed by atoms with E-state index in [2.05, 4.69) is 10.6 Å². The van der Waals surface area contributed by atoms with Crippen LogP contribution in [0.4, 0.5) is 10.1 Å². The second kappa shape index (κ2) is 6.54. The molecule has 2 aromatic rings. The Labute approximate surface area is 143 Å². The smallest absolute Gasteiger partial charge is 0.357 e. The van der Waals surface area contributed by atoms with Crippen LogP contribution in [0.1, 0.15) is 30.3 Å². The van der Waals surface area contributed by atoms with E-state index in [-0.39, 0.29) is 35.7 Å². The van der Waals surface area contributed by atoms with Crippen molar-refractivity contribution in [3.05, 3.63) is 29.7 Å². The number of fused-ring (bicyclic) bond motifs is 1. The predicted molar refractivity (Wildman–Crippen MR) is 88.6 cm³/mol. The predicted octanol–water partition coefficient (Wildman–Crippen LogP) is 1.71. The Balaban J connectivity index is 2.08. The summed E-state index contributed by atoms with van der Waals surface area (Å²) in [4.78, 5) is 36.1. The highest BCUT2D eigenvalue weighted by atomic mass is 19.1. The fourth-order valence-electron chi connectivity index (χ4n) is 3.03. The van der Waals surface area contributed by atoms with Gasteiger partial charge in [-0.25, -0.2) is 9.18 Å². The normalized spacial score (nSPS) is 16.8. The minimum atomic E-state index is -0.704. The molecular weight excluding hydrogens is 329 g/mol. The number of nitrogens with zero attached hydrogens (tertiary/aromatic N) is 1. The number of nitrogens with one attached hydrogen (secondary N) is 2. The molecule has 0 radical (unpaired) electrons. The maximum atomic E-state index is 14.4. The summed E-state index contributed by atoms with van der Waals surface area (Å²) in [5.41, 5.74) is 0.564. The monoisotopic (exact) mass is 347 g/mol. The van der Waals surface area contributed by atoms with Crippen molar-refractivity contribution in [3.8, 4) is 0 Å². The molecule has 2 heterocycles. The first-order valence-electron chi connectivity index (χ1n) is 7.98. The number of carbonyl (C=O) groups excluding carboxylic acids is 3. The third kappa shape index (κ3) is 2.95. The lowest BCUT2D eigenvalue weighted by Crippen LogP contribution is -2.37. The van der Waals surface area contributed by atoms with Gasteiger partial charge in [0.05, 0.1) is 23.2 Å². The average Bonchev–Trinajstić information content (AvgIpc) is 3.11. The molecule has 1 fully saturated rings. The number of hydrogen-bond acceptors (Lipinski definition) is 4. The van der Waals surface area contributed by atoms with Crippen molar-refractivity contribution in [2.45, 2.75) is 25.8 Å². The van der Waals surface area contributed by atoms with Crippen LogP contribution in [0.2, 0.25) is 0 Å². The summed E-state index contributed by atoms with van der Waals surface area (Å²) in [7, 11) is 1.60. The van der Waals surface area contributed by atoms with Crippen LogP contribution in [0, 0.1) is 5.82 Å². The molecule has 1 aliphatic heterocycles. The second-order valence-electron chi connectivity index (χ2n) is 5.79. The fourth-order valence-corrected chi connectivity index (χ4v) is 3.03. The summed E-state index contributed by atoms with van der Waals surface area (Å²) in [6, 6.07) is 3.72. The fraction of sp³-hybridized carbons (Fsp3) is 0.353. The first kappa shape index (κ1) is 16.9. The van der Waals surface area contributed by atoms with Gasteiger partial charge in [0.15, 0.2) is 5.69 Å². The van der Waals surface area contributed by atoms with Gasteiger partial charge in [0.2, 0.25) is 11.8 Å². The molecule has 0 spiro atoms. The molecule has 1 saturated heterocycles. The third-order valence-electron chi connectivity index (χ3n) is 4.20. The van der Waals surface area contributed by atoms with Gasteiger partial charge in [0, 0.05) is 13.5 Å². The lowest BCUT2D eigenvalue weighted by atomic mass is 10.1. The van der Waals surface area contributed by atoms with Crippen molar-refractivity contribution < 1.29 is 23.5 Å². The molecule has 7 nitrogen and oxygen atoms in total. The Morgan fingerprint density at radius 2 is 2.20 bits per heavy atom. The van der Waals surface area contributed by atoms with Gasteiger partial charge in [0.1, 0.15) is 11.9 Å². The summed E-state index contributed by atoms with van der Waals surface area (Å²) in [5.74, 6) is -1.93. The minimum Gasteiger partial charge on any atom is -0.461 e. The number of aryl methyl sites for hydroxylation is 1. The average molecular weight is 347 g/mol. The van der Waals surface area contributed by atoms with Gasteiger partial charge in [-0.1, -0.05) is 6.07 Å². The van der Waals surface area contributed by atoms with Gasteiger partial charge in [0.25, 0.3) is 0 Å². The quantitative estimate of drug-likeness (QED) is 0.824. The lowest BCUT2D eigenvalue weighted by Gasteiger charge is -2.12. The number of ether oxygens (including phenoxy) is 1. The van der Waals surface area contributed by atoms with Crippen molar-refractivity contribution in [1.29, 1.82) is 0 Å². The molecule has 0 saturated carbocycles. The van der Waals surface area contributed by atoms with Gasteiger partial charge in [-0.05, 0) is 25.5 Å². The standard InChI is InChI=1S/C17H18FN3O4/c1-3-25-17(24)15-14(20-16(23)10-7-8-12(22)19-10)13-9(18)5-4-6-11(13)21(15)2/h4-6,10H,3,7-8H2,1-2H3,(H,19,22)(H,20,23)/t10-/m0/s1. The molecule has 2 N–H and O–H groups in total. The second-order valence-corrected chi connectivity index (χ2v) is 5.79. The largest absolute Gasteiger partial charge is 0.461 e. The molecule has 1 aliphatic rings. The maximum absolute atomic E-state index is 14.4. The molecule has 1 aromatic carbocycles. The number of rotatable bonds is 4. The molecule has 2 amide bonds. The molecule has 3 rings (SSSR count). The van der Waals surface area contributed by atoms with Crippen molar-refractivity contribution >= 4 is 34.4 Å². The number of anilines is 1. The van der Waals surface area contributed by atoms with Crippen LogP contribution < -0.4 is 10.6 Å². The highest BCUT2D eigenvalue weighted by Crippen LogP contribution is 2.33. The van der Waals surface area contributed by atoms with Crippen LogP contribution in [-0.4, -0.2) is 35.0 Å². The van der Waals surface area contributed by atoms with E-state index in [0.29, 0.717) is 11.9 Å². The Morgan fingerprint density at radius 1 is 1.44 bits per heavy atom. The van der Waals surface area contributed by atoms with Gasteiger partial charge in [-0.15, -0.1) is 0 Å². The summed E-state index contributed by atoms with van der Waals surface area (Å²) in [6.07, 6.45) is 0.610. The van der Waals surface area contributed by atoms with Crippen LogP contribution in [0.25, 0.3) is 10.9 Å². The van der Waals surface area contributed by atoms with Crippen LogP contribution in [-0.2, 0) is 21.4 Å². The first-order chi connectivity index (χ1) is 11.9. The van der Waals surface area contributed by atoms with Crippen LogP contribution in [0.15, 0.2) is 18.2 Å². The van der Waals surface area contributed by atoms with Crippen molar-refractivity contribution in [3.63, 3.8) is 0 Å². The van der Waals surface area contributed by atoms with E-state index >= 15 is 0 Å². The zero-order valence-corrected chi connectivity index (χ0v) is 13.9. The number of amides is 2. The zero-order valence-electron chi connectivity index (χ0n) is 13.9. The Morgan fingerprint density at radius 3 is 2.84 bits per heavy atom. The zero-order chi connectivity index (χ0) is 18.1. The number of benzene rings is 1. The molecule has 25 heavy (non-hydrogen) atoms. The Kier molecular flexibility index (Phi) is 4.43. The Bertz CT molecular complexity index is 874. The van der Waals surface area contributed by atoms with Crippen molar-refractivity contribution in [2.75, 3.05) is 11.9 Å². The van der Waals surface area contributed by atoms with E-state index in [0.717, 1.165) is 0 Å². The van der Waals surface area contributed by atoms with Crippen LogP contribution >= 0.6 is 0 Å². The number of aromatic nitrogens is 1. The van der Waals surface area contributed by atoms with E-state index < -0.39 is 23.7 Å². The first-order valence-corrected chi connectivity index (χ1v) is 7.98.